The van der Waals surface area contributed by atoms with Crippen molar-refractivity contribution in [2.24, 2.45) is 0 Å². The molecule has 0 aliphatic carbocycles. The van der Waals surface area contributed by atoms with Gasteiger partial charge in [0.1, 0.15) is 0 Å². The van der Waals surface area contributed by atoms with Crippen molar-refractivity contribution in [3.8, 4) is 5.75 Å². The summed E-state index contributed by atoms with van der Waals surface area (Å²) >= 11 is 4.77. The molecule has 1 aromatic heterocycles. The lowest BCUT2D eigenvalue weighted by molar-refractivity contribution is 0.344. The number of anilines is 2. The van der Waals surface area contributed by atoms with Crippen molar-refractivity contribution in [1.82, 2.24) is 4.37 Å². The Bertz CT molecular complexity index is 530. The number of ether oxygens (including phenoxy) is 1. The van der Waals surface area contributed by atoms with E-state index in [0.717, 1.165) is 9.47 Å². The van der Waals surface area contributed by atoms with E-state index in [1.54, 1.807) is 0 Å². The molecule has 3 N–H and O–H groups in total. The number of nitrogens with zero attached hydrogens (tertiary/aromatic N) is 1. The maximum Gasteiger partial charge on any atom is 0.197 e. The highest BCUT2D eigenvalue weighted by Crippen LogP contribution is 2.35. The lowest BCUT2D eigenvalue weighted by Crippen LogP contribution is -2.01. The number of benzene rings is 1. The zero-order chi connectivity index (χ0) is 13.0. The van der Waals surface area contributed by atoms with Crippen LogP contribution in [-0.4, -0.2) is 11.0 Å². The molecule has 0 unspecified atom stereocenters. The molecule has 2 rings (SSSR count). The lowest BCUT2D eigenvalue weighted by atomic mass is 10.2. The first-order valence-electron chi connectivity index (χ1n) is 5.57. The van der Waals surface area contributed by atoms with E-state index in [-0.39, 0.29) is 0 Å². The topological polar surface area (TPSA) is 60.2 Å². The Labute approximate surface area is 118 Å². The van der Waals surface area contributed by atoms with Gasteiger partial charge < -0.3 is 15.8 Å². The smallest absolute Gasteiger partial charge is 0.197 e. The molecule has 0 atom stereocenters. The number of nitrogens with two attached hydrogens (primary N) is 1. The minimum atomic E-state index is 0.443. The SMILES string of the molecule is CCOc1c(N)nsc1NCc1cccc(Br)c1. The van der Waals surface area contributed by atoms with Crippen LogP contribution >= 0.6 is 27.5 Å². The quantitative estimate of drug-likeness (QED) is 0.882. The first-order chi connectivity index (χ1) is 8.70. The van der Waals surface area contributed by atoms with Gasteiger partial charge in [-0.2, -0.15) is 4.37 Å². The standard InChI is InChI=1S/C12H14BrN3OS/c1-2-17-10-11(14)16-18-12(10)15-7-8-4-3-5-9(13)6-8/h3-6,15H,2,7H2,1H3,(H2,14,16). The first-order valence-corrected chi connectivity index (χ1v) is 7.13. The molecular formula is C12H14BrN3OS. The zero-order valence-corrected chi connectivity index (χ0v) is 12.3. The number of nitrogen functional groups attached to an aromatic ring is 1. The van der Waals surface area contributed by atoms with Crippen LogP contribution in [0.1, 0.15) is 12.5 Å². The molecule has 0 aliphatic heterocycles. The summed E-state index contributed by atoms with van der Waals surface area (Å²) < 4.78 is 10.6. The highest BCUT2D eigenvalue weighted by molar-refractivity contribution is 9.10. The zero-order valence-electron chi connectivity index (χ0n) is 9.94. The molecule has 0 fully saturated rings. The Hall–Kier alpha value is -1.27. The molecule has 1 heterocycles. The maximum atomic E-state index is 5.75. The Balaban J connectivity index is 2.06. The van der Waals surface area contributed by atoms with Gasteiger partial charge in [0.15, 0.2) is 16.6 Å². The van der Waals surface area contributed by atoms with Gasteiger partial charge in [-0.1, -0.05) is 28.1 Å². The van der Waals surface area contributed by atoms with Gasteiger partial charge in [0, 0.05) is 11.0 Å². The van der Waals surface area contributed by atoms with Gasteiger partial charge in [-0.15, -0.1) is 0 Å². The Morgan fingerprint density at radius 2 is 2.33 bits per heavy atom. The summed E-state index contributed by atoms with van der Waals surface area (Å²) in [7, 11) is 0. The van der Waals surface area contributed by atoms with Crippen molar-refractivity contribution in [3.05, 3.63) is 34.3 Å². The summed E-state index contributed by atoms with van der Waals surface area (Å²) in [6, 6.07) is 8.13. The number of aromatic nitrogens is 1. The van der Waals surface area contributed by atoms with Crippen molar-refractivity contribution in [2.45, 2.75) is 13.5 Å². The van der Waals surface area contributed by atoms with E-state index >= 15 is 0 Å². The molecule has 0 radical (unpaired) electrons. The second kappa shape index (κ2) is 6.06. The molecule has 0 saturated carbocycles. The Morgan fingerprint density at radius 3 is 3.06 bits per heavy atom. The van der Waals surface area contributed by atoms with Crippen LogP contribution in [0.2, 0.25) is 0 Å². The molecule has 0 spiro atoms. The third-order valence-electron chi connectivity index (χ3n) is 2.30. The van der Waals surface area contributed by atoms with Gasteiger partial charge in [-0.25, -0.2) is 0 Å². The minimum Gasteiger partial charge on any atom is -0.487 e. The highest BCUT2D eigenvalue weighted by Gasteiger charge is 2.12. The van der Waals surface area contributed by atoms with E-state index in [9.17, 15) is 0 Å². The van der Waals surface area contributed by atoms with Crippen molar-refractivity contribution in [1.29, 1.82) is 0 Å². The average Bonchev–Trinajstić information content (AvgIpc) is 2.69. The van der Waals surface area contributed by atoms with Crippen LogP contribution in [0.4, 0.5) is 10.8 Å². The maximum absolute atomic E-state index is 5.75. The van der Waals surface area contributed by atoms with E-state index in [4.69, 9.17) is 10.5 Å². The van der Waals surface area contributed by atoms with E-state index in [1.807, 2.05) is 19.1 Å². The molecular weight excluding hydrogens is 314 g/mol. The fourth-order valence-electron chi connectivity index (χ4n) is 1.52. The minimum absolute atomic E-state index is 0.443. The fourth-order valence-corrected chi connectivity index (χ4v) is 2.62. The van der Waals surface area contributed by atoms with Gasteiger partial charge in [0.05, 0.1) is 6.61 Å². The molecule has 96 valence electrons. The predicted octanol–water partition coefficient (Wildman–Crippen LogP) is 3.50. The third-order valence-corrected chi connectivity index (χ3v) is 3.60. The van der Waals surface area contributed by atoms with Crippen LogP contribution < -0.4 is 15.8 Å². The van der Waals surface area contributed by atoms with E-state index in [0.29, 0.717) is 24.7 Å². The van der Waals surface area contributed by atoms with Crippen molar-refractivity contribution in [3.63, 3.8) is 0 Å². The van der Waals surface area contributed by atoms with Gasteiger partial charge in [0.2, 0.25) is 0 Å². The van der Waals surface area contributed by atoms with Gasteiger partial charge in [-0.05, 0) is 36.2 Å². The predicted molar refractivity (Wildman–Crippen MR) is 79.2 cm³/mol. The summed E-state index contributed by atoms with van der Waals surface area (Å²) in [4.78, 5) is 0. The summed E-state index contributed by atoms with van der Waals surface area (Å²) in [6.07, 6.45) is 0. The van der Waals surface area contributed by atoms with Crippen LogP contribution in [0.15, 0.2) is 28.7 Å². The monoisotopic (exact) mass is 327 g/mol. The fraction of sp³-hybridized carbons (Fsp3) is 0.250. The molecule has 18 heavy (non-hydrogen) atoms. The molecule has 0 bridgehead atoms. The number of halogens is 1. The summed E-state index contributed by atoms with van der Waals surface area (Å²) in [5.41, 5.74) is 6.93. The van der Waals surface area contributed by atoms with E-state index in [2.05, 4.69) is 37.8 Å². The van der Waals surface area contributed by atoms with Gasteiger partial charge in [-0.3, -0.25) is 0 Å². The summed E-state index contributed by atoms with van der Waals surface area (Å²) in [5.74, 6) is 1.09. The normalized spacial score (nSPS) is 10.3. The molecule has 1 aromatic carbocycles. The molecule has 0 aliphatic rings. The van der Waals surface area contributed by atoms with Gasteiger partial charge >= 0.3 is 0 Å². The number of rotatable bonds is 5. The van der Waals surface area contributed by atoms with Gasteiger partial charge in [0.25, 0.3) is 0 Å². The summed E-state index contributed by atoms with van der Waals surface area (Å²) in [5, 5.41) is 4.16. The third kappa shape index (κ3) is 3.14. The number of hydrogen-bond acceptors (Lipinski definition) is 5. The van der Waals surface area contributed by atoms with Crippen LogP contribution in [-0.2, 0) is 6.54 Å². The second-order valence-corrected chi connectivity index (χ2v) is 5.33. The first kappa shape index (κ1) is 13.2. The average molecular weight is 328 g/mol. The van der Waals surface area contributed by atoms with E-state index in [1.165, 1.54) is 17.1 Å². The lowest BCUT2D eigenvalue weighted by Gasteiger charge is -2.07. The molecule has 4 nitrogen and oxygen atoms in total. The highest BCUT2D eigenvalue weighted by atomic mass is 79.9. The Kier molecular flexibility index (Phi) is 4.43. The van der Waals surface area contributed by atoms with Crippen molar-refractivity contribution in [2.75, 3.05) is 17.7 Å². The van der Waals surface area contributed by atoms with Crippen molar-refractivity contribution < 1.29 is 4.74 Å². The summed E-state index contributed by atoms with van der Waals surface area (Å²) in [6.45, 7) is 3.21. The van der Waals surface area contributed by atoms with Crippen LogP contribution in [0, 0.1) is 0 Å². The van der Waals surface area contributed by atoms with Crippen LogP contribution in [0.3, 0.4) is 0 Å². The molecule has 6 heteroatoms. The molecule has 0 amide bonds. The van der Waals surface area contributed by atoms with Crippen LogP contribution in [0.25, 0.3) is 0 Å². The molecule has 0 saturated heterocycles. The number of hydrogen-bond donors (Lipinski definition) is 2. The van der Waals surface area contributed by atoms with Crippen molar-refractivity contribution >= 4 is 38.3 Å². The number of nitrogens with one attached hydrogen (secondary N) is 1. The van der Waals surface area contributed by atoms with Crippen LogP contribution in [0.5, 0.6) is 5.75 Å². The molecule has 2 aromatic rings. The van der Waals surface area contributed by atoms with E-state index < -0.39 is 0 Å². The second-order valence-electron chi connectivity index (χ2n) is 3.64. The Morgan fingerprint density at radius 1 is 1.50 bits per heavy atom. The largest absolute Gasteiger partial charge is 0.487 e.